The normalized spacial score (nSPS) is 10.9. The molecule has 2 heteroatoms. The molecule has 1 aromatic carbocycles. The first kappa shape index (κ1) is 15.4. The first-order chi connectivity index (χ1) is 6.76. The van der Waals surface area contributed by atoms with Gasteiger partial charge in [0.25, 0.3) is 0 Å². The molecule has 0 aliphatic carbocycles. The van der Waals surface area contributed by atoms with Gasteiger partial charge in [-0.05, 0) is 26.3 Å². The largest absolute Gasteiger partial charge is 1.00 e. The van der Waals surface area contributed by atoms with E-state index >= 15 is 0 Å². The fraction of sp³-hybridized carbons (Fsp3) is 0.538. The van der Waals surface area contributed by atoms with Gasteiger partial charge in [-0.25, -0.2) is 0 Å². The van der Waals surface area contributed by atoms with Crippen molar-refractivity contribution in [3.8, 4) is 0 Å². The minimum atomic E-state index is -0.661. The van der Waals surface area contributed by atoms with E-state index in [1.807, 2.05) is 0 Å². The van der Waals surface area contributed by atoms with Crippen molar-refractivity contribution in [2.75, 3.05) is 18.5 Å². The molecule has 0 nitrogen and oxygen atoms in total. The van der Waals surface area contributed by atoms with E-state index in [0.717, 1.165) is 0 Å². The molecule has 0 unspecified atom stereocenters. The van der Waals surface area contributed by atoms with Crippen LogP contribution in [0.1, 0.15) is 26.3 Å². The van der Waals surface area contributed by atoms with Crippen LogP contribution in [0.4, 0.5) is 0 Å². The molecule has 0 aliphatic heterocycles. The van der Waals surface area contributed by atoms with E-state index < -0.39 is 7.26 Å². The monoisotopic (exact) mass is 336 g/mol. The van der Waals surface area contributed by atoms with Gasteiger partial charge in [0.2, 0.25) is 0 Å². The lowest BCUT2D eigenvalue weighted by atomic mass is 10.2. The van der Waals surface area contributed by atoms with E-state index in [-0.39, 0.29) is 24.0 Å². The molecular weight excluding hydrogens is 314 g/mol. The molecule has 0 fully saturated rings. The predicted octanol–water partition coefficient (Wildman–Crippen LogP) is 1.27. The highest BCUT2D eigenvalue weighted by molar-refractivity contribution is 7.75. The van der Waals surface area contributed by atoms with Crippen molar-refractivity contribution in [1.82, 2.24) is 0 Å². The Morgan fingerprint density at radius 3 is 1.73 bits per heavy atom. The molecule has 0 radical (unpaired) electrons. The Morgan fingerprint density at radius 2 is 1.33 bits per heavy atom. The van der Waals surface area contributed by atoms with Crippen molar-refractivity contribution >= 4 is 7.26 Å². The standard InChI is InChI=1S/C13H22P.HI/c1-4-14(5-2,6-3)12-13-10-8-7-9-11-13;/h7-11H,4-6,12H2,1-3H3;1H/q+1;/p-1. The minimum absolute atomic E-state index is 0. The Morgan fingerprint density at radius 1 is 0.867 bits per heavy atom. The number of hydrogen-bond donors (Lipinski definition) is 0. The molecule has 1 rings (SSSR count). The third-order valence-electron chi connectivity index (χ3n) is 3.37. The van der Waals surface area contributed by atoms with Crippen LogP contribution in [0.15, 0.2) is 30.3 Å². The van der Waals surface area contributed by atoms with Crippen LogP contribution in [0.25, 0.3) is 0 Å². The number of halogens is 1. The van der Waals surface area contributed by atoms with Crippen LogP contribution in [0, 0.1) is 0 Å². The summed E-state index contributed by atoms with van der Waals surface area (Å²) in [5.74, 6) is 0. The molecule has 1 aromatic rings. The Bertz CT molecular complexity index is 246. The molecular formula is C13H22IP. The van der Waals surface area contributed by atoms with Gasteiger partial charge in [-0.2, -0.15) is 0 Å². The zero-order valence-corrected chi connectivity index (χ0v) is 13.1. The van der Waals surface area contributed by atoms with Crippen molar-refractivity contribution < 1.29 is 24.0 Å². The molecule has 0 bridgehead atoms. The number of hydrogen-bond acceptors (Lipinski definition) is 0. The summed E-state index contributed by atoms with van der Waals surface area (Å²) in [4.78, 5) is 0. The van der Waals surface area contributed by atoms with Crippen molar-refractivity contribution in [2.24, 2.45) is 0 Å². The highest BCUT2D eigenvalue weighted by atomic mass is 127. The zero-order chi connectivity index (χ0) is 10.4. The molecule has 15 heavy (non-hydrogen) atoms. The molecule has 0 heterocycles. The molecule has 0 spiro atoms. The maximum atomic E-state index is 2.36. The summed E-state index contributed by atoms with van der Waals surface area (Å²) in [6, 6.07) is 11.0. The van der Waals surface area contributed by atoms with Crippen LogP contribution in [-0.4, -0.2) is 18.5 Å². The van der Waals surface area contributed by atoms with Gasteiger partial charge >= 0.3 is 0 Å². The highest BCUT2D eigenvalue weighted by Gasteiger charge is 2.30. The second kappa shape index (κ2) is 7.62. The van der Waals surface area contributed by atoms with Gasteiger partial charge in [-0.1, -0.05) is 30.3 Å². The van der Waals surface area contributed by atoms with E-state index in [0.29, 0.717) is 0 Å². The summed E-state index contributed by atoms with van der Waals surface area (Å²) in [6.45, 7) is 7.09. The SMILES string of the molecule is CC[P+](CC)(CC)Cc1ccccc1.[I-]. The zero-order valence-electron chi connectivity index (χ0n) is 10.0. The van der Waals surface area contributed by atoms with Gasteiger partial charge in [0.15, 0.2) is 0 Å². The van der Waals surface area contributed by atoms with Gasteiger partial charge in [-0.3, -0.25) is 0 Å². The summed E-state index contributed by atoms with van der Waals surface area (Å²) in [6.07, 6.45) is 5.54. The maximum absolute atomic E-state index is 2.36. The van der Waals surface area contributed by atoms with Gasteiger partial charge in [-0.15, -0.1) is 0 Å². The Hall–Kier alpha value is 0.380. The van der Waals surface area contributed by atoms with Gasteiger partial charge in [0, 0.05) is 7.26 Å². The average Bonchev–Trinajstić information content (AvgIpc) is 2.28. The van der Waals surface area contributed by atoms with Gasteiger partial charge in [0.05, 0.1) is 24.6 Å². The summed E-state index contributed by atoms with van der Waals surface area (Å²) >= 11 is 0. The van der Waals surface area contributed by atoms with Crippen molar-refractivity contribution in [2.45, 2.75) is 26.9 Å². The summed E-state index contributed by atoms with van der Waals surface area (Å²) in [5, 5.41) is 0. The third-order valence-corrected chi connectivity index (χ3v) is 8.43. The molecule has 0 amide bonds. The smallest absolute Gasteiger partial charge is 0.0842 e. The van der Waals surface area contributed by atoms with Gasteiger partial charge in [0.1, 0.15) is 0 Å². The topological polar surface area (TPSA) is 0 Å². The van der Waals surface area contributed by atoms with E-state index in [4.69, 9.17) is 0 Å². The van der Waals surface area contributed by atoms with Crippen molar-refractivity contribution in [3.05, 3.63) is 35.9 Å². The molecule has 86 valence electrons. The molecule has 0 atom stereocenters. The fourth-order valence-corrected chi connectivity index (χ4v) is 4.97. The lowest BCUT2D eigenvalue weighted by Gasteiger charge is -2.23. The van der Waals surface area contributed by atoms with Crippen molar-refractivity contribution in [1.29, 1.82) is 0 Å². The van der Waals surface area contributed by atoms with E-state index in [1.54, 1.807) is 0 Å². The highest BCUT2D eigenvalue weighted by Crippen LogP contribution is 2.60. The van der Waals surface area contributed by atoms with Crippen LogP contribution in [-0.2, 0) is 6.16 Å². The van der Waals surface area contributed by atoms with Crippen molar-refractivity contribution in [3.63, 3.8) is 0 Å². The number of benzene rings is 1. The number of rotatable bonds is 5. The fourth-order valence-electron chi connectivity index (χ4n) is 1.98. The van der Waals surface area contributed by atoms with E-state index in [9.17, 15) is 0 Å². The second-order valence-corrected chi connectivity index (χ2v) is 8.83. The quantitative estimate of drug-likeness (QED) is 0.561. The van der Waals surface area contributed by atoms with Crippen LogP contribution >= 0.6 is 7.26 Å². The lowest BCUT2D eigenvalue weighted by molar-refractivity contribution is -0.00000315. The molecule has 0 saturated heterocycles. The van der Waals surface area contributed by atoms with Crippen LogP contribution in [0.2, 0.25) is 0 Å². The first-order valence-corrected chi connectivity index (χ1v) is 8.18. The first-order valence-electron chi connectivity index (χ1n) is 5.65. The molecule has 0 aliphatic rings. The lowest BCUT2D eigenvalue weighted by Crippen LogP contribution is -3.00. The van der Waals surface area contributed by atoms with E-state index in [1.165, 1.54) is 30.2 Å². The van der Waals surface area contributed by atoms with E-state index in [2.05, 4.69) is 51.1 Å². The summed E-state index contributed by atoms with van der Waals surface area (Å²) in [7, 11) is -0.661. The molecule has 0 saturated carbocycles. The van der Waals surface area contributed by atoms with Gasteiger partial charge < -0.3 is 24.0 Å². The van der Waals surface area contributed by atoms with Crippen LogP contribution in [0.3, 0.4) is 0 Å². The van der Waals surface area contributed by atoms with Crippen LogP contribution < -0.4 is 24.0 Å². The Kier molecular flexibility index (Phi) is 7.81. The molecule has 0 N–H and O–H groups in total. The summed E-state index contributed by atoms with van der Waals surface area (Å²) in [5.41, 5.74) is 1.53. The Labute approximate surface area is 112 Å². The second-order valence-electron chi connectivity index (χ2n) is 3.93. The minimum Gasteiger partial charge on any atom is -1.00 e. The third kappa shape index (κ3) is 4.40. The summed E-state index contributed by atoms with van der Waals surface area (Å²) < 4.78 is 0. The average molecular weight is 336 g/mol. The predicted molar refractivity (Wildman–Crippen MR) is 68.7 cm³/mol. The molecule has 0 aromatic heterocycles. The Balaban J connectivity index is 0.00000196. The van der Waals surface area contributed by atoms with Crippen LogP contribution in [0.5, 0.6) is 0 Å². The maximum Gasteiger partial charge on any atom is 0.0842 e.